The molecule has 26 heavy (non-hydrogen) atoms. The maximum absolute atomic E-state index is 13.0. The van der Waals surface area contributed by atoms with Crippen LogP contribution in [0.5, 0.6) is 5.75 Å². The molecule has 0 aliphatic carbocycles. The van der Waals surface area contributed by atoms with Crippen LogP contribution >= 0.6 is 11.3 Å². The molecule has 0 spiro atoms. The van der Waals surface area contributed by atoms with Gasteiger partial charge >= 0.3 is 0 Å². The summed E-state index contributed by atoms with van der Waals surface area (Å²) in [6, 6.07) is 7.06. The van der Waals surface area contributed by atoms with Crippen molar-refractivity contribution >= 4 is 27.1 Å². The summed E-state index contributed by atoms with van der Waals surface area (Å²) in [4.78, 5) is 15.4. The molecule has 2 aromatic rings. The summed E-state index contributed by atoms with van der Waals surface area (Å²) < 4.78 is 42.1. The summed E-state index contributed by atoms with van der Waals surface area (Å²) in [5.41, 5.74) is 1.08. The van der Waals surface area contributed by atoms with E-state index in [9.17, 15) is 17.6 Å². The third-order valence-electron chi connectivity index (χ3n) is 4.43. The maximum atomic E-state index is 13.0. The number of carbonyl (C=O) groups is 1. The number of thiophene rings is 1. The van der Waals surface area contributed by atoms with Gasteiger partial charge < -0.3 is 9.64 Å². The van der Waals surface area contributed by atoms with Gasteiger partial charge in [-0.1, -0.05) is 0 Å². The Kier molecular flexibility index (Phi) is 5.62. The molecular weight excluding hydrogens is 377 g/mol. The Hall–Kier alpha value is -1.93. The summed E-state index contributed by atoms with van der Waals surface area (Å²) in [6.07, 6.45) is 0.440. The maximum Gasteiger partial charge on any atom is 0.261 e. The van der Waals surface area contributed by atoms with Crippen LogP contribution in [0.15, 0.2) is 35.7 Å². The molecule has 2 heterocycles. The fourth-order valence-electron chi connectivity index (χ4n) is 2.92. The number of halogens is 1. The normalized spacial score (nSPS) is 18.6. The Morgan fingerprint density at radius 1 is 1.31 bits per heavy atom. The Balaban J connectivity index is 1.72. The van der Waals surface area contributed by atoms with Crippen LogP contribution in [-0.2, 0) is 21.2 Å². The average Bonchev–Trinajstić information content (AvgIpc) is 3.16. The lowest BCUT2D eigenvalue weighted by Gasteiger charge is -2.28. The number of carbonyl (C=O) groups excluding carboxylic acids is 1. The van der Waals surface area contributed by atoms with Crippen LogP contribution in [-0.4, -0.2) is 43.4 Å². The van der Waals surface area contributed by atoms with E-state index in [0.717, 1.165) is 10.4 Å². The highest BCUT2D eigenvalue weighted by molar-refractivity contribution is 7.91. The standard InChI is InChI=1S/C18H20FNO4S2/c1-13-6-8-25-17(13)10-20(15-7-9-26(22,23)12-15)18(21)11-24-16-4-2-14(19)3-5-16/h2-6,8,15H,7,9-12H2,1H3. The van der Waals surface area contributed by atoms with Gasteiger partial charge in [0.05, 0.1) is 18.1 Å². The van der Waals surface area contributed by atoms with Crippen LogP contribution in [0.2, 0.25) is 0 Å². The Bertz CT molecular complexity index is 877. The predicted molar refractivity (Wildman–Crippen MR) is 98.6 cm³/mol. The van der Waals surface area contributed by atoms with Crippen LogP contribution in [0, 0.1) is 12.7 Å². The van der Waals surface area contributed by atoms with Crippen LogP contribution in [0.25, 0.3) is 0 Å². The molecule has 0 saturated carbocycles. The van der Waals surface area contributed by atoms with Crippen molar-refractivity contribution < 1.29 is 22.3 Å². The first-order valence-corrected chi connectivity index (χ1v) is 11.0. The van der Waals surface area contributed by atoms with Gasteiger partial charge in [-0.25, -0.2) is 12.8 Å². The van der Waals surface area contributed by atoms with E-state index >= 15 is 0 Å². The molecule has 1 saturated heterocycles. The van der Waals surface area contributed by atoms with Crippen LogP contribution in [0.1, 0.15) is 16.9 Å². The van der Waals surface area contributed by atoms with Crippen molar-refractivity contribution in [3.8, 4) is 5.75 Å². The van der Waals surface area contributed by atoms with Crippen molar-refractivity contribution in [1.29, 1.82) is 0 Å². The van der Waals surface area contributed by atoms with Gasteiger partial charge in [-0.15, -0.1) is 11.3 Å². The van der Waals surface area contributed by atoms with E-state index in [-0.39, 0.29) is 35.9 Å². The monoisotopic (exact) mass is 397 g/mol. The predicted octanol–water partition coefficient (Wildman–Crippen LogP) is 2.79. The van der Waals surface area contributed by atoms with E-state index in [4.69, 9.17) is 4.74 Å². The first kappa shape index (κ1) is 18.8. The number of sulfone groups is 1. The summed E-state index contributed by atoms with van der Waals surface area (Å²) in [5, 5.41) is 1.95. The van der Waals surface area contributed by atoms with Crippen molar-refractivity contribution in [2.75, 3.05) is 18.1 Å². The average molecular weight is 397 g/mol. The third-order valence-corrected chi connectivity index (χ3v) is 7.19. The molecule has 1 fully saturated rings. The molecule has 3 rings (SSSR count). The SMILES string of the molecule is Cc1ccsc1CN(C(=O)COc1ccc(F)cc1)C1CCS(=O)(=O)C1. The van der Waals surface area contributed by atoms with Crippen molar-refractivity contribution in [2.24, 2.45) is 0 Å². The number of hydrogen-bond donors (Lipinski definition) is 0. The van der Waals surface area contributed by atoms with Crippen molar-refractivity contribution in [3.05, 3.63) is 52.0 Å². The fourth-order valence-corrected chi connectivity index (χ4v) is 5.56. The minimum absolute atomic E-state index is 0.0142. The van der Waals surface area contributed by atoms with Gasteiger partial charge in [0.1, 0.15) is 11.6 Å². The number of amides is 1. The van der Waals surface area contributed by atoms with E-state index in [1.165, 1.54) is 24.3 Å². The first-order chi connectivity index (χ1) is 12.3. The Morgan fingerprint density at radius 2 is 2.04 bits per heavy atom. The highest BCUT2D eigenvalue weighted by atomic mass is 32.2. The van der Waals surface area contributed by atoms with Crippen LogP contribution in [0.4, 0.5) is 4.39 Å². The minimum Gasteiger partial charge on any atom is -0.484 e. The lowest BCUT2D eigenvalue weighted by Crippen LogP contribution is -2.43. The molecule has 1 aliphatic heterocycles. The van der Waals surface area contributed by atoms with E-state index in [2.05, 4.69) is 0 Å². The summed E-state index contributed by atoms with van der Waals surface area (Å²) >= 11 is 1.54. The van der Waals surface area contributed by atoms with Crippen molar-refractivity contribution in [1.82, 2.24) is 4.90 Å². The van der Waals surface area contributed by atoms with Gasteiger partial charge in [0.15, 0.2) is 16.4 Å². The summed E-state index contributed by atoms with van der Waals surface area (Å²) in [6.45, 7) is 2.12. The Labute approximate surface area is 156 Å². The fraction of sp³-hybridized carbons (Fsp3) is 0.389. The smallest absolute Gasteiger partial charge is 0.261 e. The van der Waals surface area contributed by atoms with Crippen LogP contribution < -0.4 is 4.74 Å². The summed E-state index contributed by atoms with van der Waals surface area (Å²) in [7, 11) is -3.11. The molecule has 1 aliphatic rings. The number of benzene rings is 1. The zero-order valence-electron chi connectivity index (χ0n) is 14.4. The van der Waals surface area contributed by atoms with Gasteiger partial charge in [-0.2, -0.15) is 0 Å². The quantitative estimate of drug-likeness (QED) is 0.752. The van der Waals surface area contributed by atoms with E-state index in [1.807, 2.05) is 18.4 Å². The zero-order chi connectivity index (χ0) is 18.7. The molecular formula is C18H20FNO4S2. The van der Waals surface area contributed by atoms with Gasteiger partial charge in [-0.05, 0) is 54.6 Å². The van der Waals surface area contributed by atoms with E-state index in [0.29, 0.717) is 18.7 Å². The molecule has 1 aromatic carbocycles. The summed E-state index contributed by atoms with van der Waals surface area (Å²) in [5.74, 6) is -0.173. The molecule has 0 bridgehead atoms. The Morgan fingerprint density at radius 3 is 2.62 bits per heavy atom. The number of rotatable bonds is 6. The second kappa shape index (κ2) is 7.75. The molecule has 1 atom stereocenters. The van der Waals surface area contributed by atoms with E-state index < -0.39 is 9.84 Å². The second-order valence-electron chi connectivity index (χ2n) is 6.35. The topological polar surface area (TPSA) is 63.7 Å². The van der Waals surface area contributed by atoms with Gasteiger partial charge in [0, 0.05) is 10.9 Å². The van der Waals surface area contributed by atoms with Crippen LogP contribution in [0.3, 0.4) is 0 Å². The van der Waals surface area contributed by atoms with Gasteiger partial charge in [0.2, 0.25) is 0 Å². The molecule has 1 aromatic heterocycles. The minimum atomic E-state index is -3.11. The molecule has 8 heteroatoms. The van der Waals surface area contributed by atoms with Gasteiger partial charge in [0.25, 0.3) is 5.91 Å². The molecule has 1 amide bonds. The second-order valence-corrected chi connectivity index (χ2v) is 9.58. The zero-order valence-corrected chi connectivity index (χ0v) is 16.0. The highest BCUT2D eigenvalue weighted by Gasteiger charge is 2.35. The highest BCUT2D eigenvalue weighted by Crippen LogP contribution is 2.24. The lowest BCUT2D eigenvalue weighted by molar-refractivity contribution is -0.135. The largest absolute Gasteiger partial charge is 0.484 e. The number of hydrogen-bond acceptors (Lipinski definition) is 5. The van der Waals surface area contributed by atoms with Gasteiger partial charge in [-0.3, -0.25) is 4.79 Å². The number of ether oxygens (including phenoxy) is 1. The first-order valence-electron chi connectivity index (χ1n) is 8.25. The lowest BCUT2D eigenvalue weighted by atomic mass is 10.2. The molecule has 5 nitrogen and oxygen atoms in total. The molecule has 0 radical (unpaired) electrons. The molecule has 140 valence electrons. The number of aryl methyl sites for hydroxylation is 1. The van der Waals surface area contributed by atoms with Crippen molar-refractivity contribution in [3.63, 3.8) is 0 Å². The third kappa shape index (κ3) is 4.62. The molecule has 0 N–H and O–H groups in total. The van der Waals surface area contributed by atoms with Crippen molar-refractivity contribution in [2.45, 2.75) is 25.9 Å². The van der Waals surface area contributed by atoms with E-state index in [1.54, 1.807) is 16.2 Å². The molecule has 1 unspecified atom stereocenters. The number of nitrogens with zero attached hydrogens (tertiary/aromatic N) is 1.